The number of alkyl halides is 1. The molecule has 0 aliphatic rings. The van der Waals surface area contributed by atoms with Gasteiger partial charge < -0.3 is 4.74 Å². The van der Waals surface area contributed by atoms with Gasteiger partial charge in [0.2, 0.25) is 0 Å². The van der Waals surface area contributed by atoms with Crippen molar-refractivity contribution in [1.29, 1.82) is 0 Å². The third kappa shape index (κ3) is 3.20. The molecule has 0 atom stereocenters. The Balaban J connectivity index is 2.28. The fourth-order valence-electron chi connectivity index (χ4n) is 1.38. The van der Waals surface area contributed by atoms with Gasteiger partial charge >= 0.3 is 0 Å². The fraction of sp³-hybridized carbons (Fsp3) is 0.154. The van der Waals surface area contributed by atoms with Crippen LogP contribution in [0.3, 0.4) is 0 Å². The van der Waals surface area contributed by atoms with Crippen molar-refractivity contribution >= 4 is 27.5 Å². The van der Waals surface area contributed by atoms with Crippen LogP contribution in [-0.2, 0) is 5.33 Å². The second-order valence-corrected chi connectivity index (χ2v) is 4.62. The number of hydrogen-bond acceptors (Lipinski definition) is 2. The summed E-state index contributed by atoms with van der Waals surface area (Å²) in [4.78, 5) is 4.18. The molecule has 0 amide bonds. The number of halogens is 2. The molecule has 17 heavy (non-hydrogen) atoms. The van der Waals surface area contributed by atoms with Crippen molar-refractivity contribution in [2.75, 3.05) is 0 Å². The Labute approximate surface area is 114 Å². The van der Waals surface area contributed by atoms with Crippen LogP contribution in [0.25, 0.3) is 0 Å². The van der Waals surface area contributed by atoms with E-state index in [1.54, 1.807) is 12.3 Å². The number of pyridine rings is 1. The maximum Gasteiger partial charge on any atom is 0.145 e. The third-order valence-electron chi connectivity index (χ3n) is 2.29. The lowest BCUT2D eigenvalue weighted by Gasteiger charge is -2.09. The van der Waals surface area contributed by atoms with E-state index in [1.165, 1.54) is 0 Å². The standard InChI is InChI=1S/C13H11BrClNO/c1-9-2-5-12(8-16-9)17-13-6-11(15)4-3-10(13)7-14/h2-6,8H,7H2,1H3. The molecule has 2 aromatic rings. The molecular weight excluding hydrogens is 302 g/mol. The lowest BCUT2D eigenvalue weighted by Crippen LogP contribution is -1.90. The van der Waals surface area contributed by atoms with Crippen LogP contribution >= 0.6 is 27.5 Å². The molecular formula is C13H11BrClNO. The Hall–Kier alpha value is -1.06. The van der Waals surface area contributed by atoms with E-state index in [2.05, 4.69) is 20.9 Å². The highest BCUT2D eigenvalue weighted by Crippen LogP contribution is 2.29. The van der Waals surface area contributed by atoms with Gasteiger partial charge in [-0.1, -0.05) is 33.6 Å². The van der Waals surface area contributed by atoms with Gasteiger partial charge in [-0.2, -0.15) is 0 Å². The summed E-state index contributed by atoms with van der Waals surface area (Å²) >= 11 is 9.37. The highest BCUT2D eigenvalue weighted by molar-refractivity contribution is 9.08. The first-order chi connectivity index (χ1) is 8.19. The molecule has 0 aliphatic heterocycles. The lowest BCUT2D eigenvalue weighted by atomic mass is 10.2. The van der Waals surface area contributed by atoms with E-state index in [1.807, 2.05) is 31.2 Å². The molecule has 4 heteroatoms. The second-order valence-electron chi connectivity index (χ2n) is 3.62. The highest BCUT2D eigenvalue weighted by atomic mass is 79.9. The zero-order valence-electron chi connectivity index (χ0n) is 9.28. The van der Waals surface area contributed by atoms with E-state index in [0.717, 1.165) is 22.3 Å². The van der Waals surface area contributed by atoms with Gasteiger partial charge in [-0.15, -0.1) is 0 Å². The van der Waals surface area contributed by atoms with Gasteiger partial charge in [-0.3, -0.25) is 4.98 Å². The monoisotopic (exact) mass is 311 g/mol. The molecule has 0 saturated carbocycles. The number of ether oxygens (including phenoxy) is 1. The molecule has 0 spiro atoms. The number of aryl methyl sites for hydroxylation is 1. The minimum Gasteiger partial charge on any atom is -0.455 e. The quantitative estimate of drug-likeness (QED) is 0.764. The number of aromatic nitrogens is 1. The van der Waals surface area contributed by atoms with Crippen LogP contribution in [0, 0.1) is 6.92 Å². The second kappa shape index (κ2) is 5.52. The molecule has 1 aromatic carbocycles. The van der Waals surface area contributed by atoms with Gasteiger partial charge in [0.1, 0.15) is 11.5 Å². The average Bonchev–Trinajstić information content (AvgIpc) is 2.32. The molecule has 2 rings (SSSR count). The maximum atomic E-state index is 5.95. The SMILES string of the molecule is Cc1ccc(Oc2cc(Cl)ccc2CBr)cn1. The summed E-state index contributed by atoms with van der Waals surface area (Å²) in [6, 6.07) is 9.39. The number of benzene rings is 1. The van der Waals surface area contributed by atoms with Gasteiger partial charge in [0.15, 0.2) is 0 Å². The summed E-state index contributed by atoms with van der Waals surface area (Å²) in [6.07, 6.45) is 1.70. The van der Waals surface area contributed by atoms with Crippen LogP contribution in [0.4, 0.5) is 0 Å². The zero-order chi connectivity index (χ0) is 12.3. The highest BCUT2D eigenvalue weighted by Gasteiger charge is 2.05. The molecule has 1 heterocycles. The first-order valence-electron chi connectivity index (χ1n) is 5.14. The molecule has 0 unspecified atom stereocenters. The van der Waals surface area contributed by atoms with E-state index >= 15 is 0 Å². The van der Waals surface area contributed by atoms with E-state index in [-0.39, 0.29) is 0 Å². The van der Waals surface area contributed by atoms with Crippen molar-refractivity contribution in [1.82, 2.24) is 4.98 Å². The Kier molecular flexibility index (Phi) is 4.02. The minimum absolute atomic E-state index is 0.657. The Morgan fingerprint density at radius 3 is 2.76 bits per heavy atom. The van der Waals surface area contributed by atoms with Crippen molar-refractivity contribution in [2.24, 2.45) is 0 Å². The maximum absolute atomic E-state index is 5.95. The smallest absolute Gasteiger partial charge is 0.145 e. The summed E-state index contributed by atoms with van der Waals surface area (Å²) in [6.45, 7) is 1.94. The van der Waals surface area contributed by atoms with E-state index in [0.29, 0.717) is 10.8 Å². The molecule has 0 saturated heterocycles. The summed E-state index contributed by atoms with van der Waals surface area (Å²) < 4.78 is 5.76. The summed E-state index contributed by atoms with van der Waals surface area (Å²) in [5.41, 5.74) is 2.01. The van der Waals surface area contributed by atoms with Gasteiger partial charge in [-0.25, -0.2) is 0 Å². The van der Waals surface area contributed by atoms with Crippen molar-refractivity contribution in [3.63, 3.8) is 0 Å². The molecule has 1 aromatic heterocycles. The Bertz CT molecular complexity index is 513. The molecule has 0 aliphatic carbocycles. The largest absolute Gasteiger partial charge is 0.455 e. The van der Waals surface area contributed by atoms with Gasteiger partial charge in [0, 0.05) is 21.6 Å². The number of nitrogens with zero attached hydrogens (tertiary/aromatic N) is 1. The van der Waals surface area contributed by atoms with Crippen LogP contribution in [0.2, 0.25) is 5.02 Å². The predicted molar refractivity (Wildman–Crippen MR) is 73.1 cm³/mol. The summed E-state index contributed by atoms with van der Waals surface area (Å²) in [5.74, 6) is 1.46. The topological polar surface area (TPSA) is 22.1 Å². The van der Waals surface area contributed by atoms with E-state index in [4.69, 9.17) is 16.3 Å². The zero-order valence-corrected chi connectivity index (χ0v) is 11.6. The predicted octanol–water partition coefficient (Wildman–Crippen LogP) is 4.73. The van der Waals surface area contributed by atoms with Crippen LogP contribution < -0.4 is 4.74 Å². The Morgan fingerprint density at radius 1 is 1.29 bits per heavy atom. The molecule has 0 fully saturated rings. The molecule has 88 valence electrons. The Morgan fingerprint density at radius 2 is 2.12 bits per heavy atom. The number of rotatable bonds is 3. The van der Waals surface area contributed by atoms with Gasteiger partial charge in [-0.05, 0) is 31.2 Å². The lowest BCUT2D eigenvalue weighted by molar-refractivity contribution is 0.476. The first kappa shape index (κ1) is 12.4. The van der Waals surface area contributed by atoms with Gasteiger partial charge in [0.25, 0.3) is 0 Å². The molecule has 2 nitrogen and oxygen atoms in total. The normalized spacial score (nSPS) is 10.3. The van der Waals surface area contributed by atoms with Crippen LogP contribution in [0.15, 0.2) is 36.5 Å². The van der Waals surface area contributed by atoms with Crippen LogP contribution in [0.1, 0.15) is 11.3 Å². The van der Waals surface area contributed by atoms with Crippen LogP contribution in [-0.4, -0.2) is 4.98 Å². The first-order valence-corrected chi connectivity index (χ1v) is 6.64. The average molecular weight is 313 g/mol. The summed E-state index contributed by atoms with van der Waals surface area (Å²) in [7, 11) is 0. The molecule has 0 bridgehead atoms. The molecule has 0 radical (unpaired) electrons. The van der Waals surface area contributed by atoms with E-state index in [9.17, 15) is 0 Å². The van der Waals surface area contributed by atoms with Crippen LogP contribution in [0.5, 0.6) is 11.5 Å². The summed E-state index contributed by atoms with van der Waals surface area (Å²) in [5, 5.41) is 1.38. The number of hydrogen-bond donors (Lipinski definition) is 0. The third-order valence-corrected chi connectivity index (χ3v) is 3.12. The van der Waals surface area contributed by atoms with Gasteiger partial charge in [0.05, 0.1) is 6.20 Å². The van der Waals surface area contributed by atoms with E-state index < -0.39 is 0 Å². The van der Waals surface area contributed by atoms with Crippen molar-refractivity contribution < 1.29 is 4.74 Å². The van der Waals surface area contributed by atoms with Crippen molar-refractivity contribution in [3.05, 3.63) is 52.8 Å². The van der Waals surface area contributed by atoms with Crippen molar-refractivity contribution in [3.8, 4) is 11.5 Å². The van der Waals surface area contributed by atoms with Crippen molar-refractivity contribution in [2.45, 2.75) is 12.3 Å². The fourth-order valence-corrected chi connectivity index (χ4v) is 2.00. The minimum atomic E-state index is 0.657. The molecule has 0 N–H and O–H groups in total.